The van der Waals surface area contributed by atoms with E-state index in [0.29, 0.717) is 0 Å². The van der Waals surface area contributed by atoms with Gasteiger partial charge < -0.3 is 16.2 Å². The lowest BCUT2D eigenvalue weighted by Crippen LogP contribution is -2.51. The van der Waals surface area contributed by atoms with Crippen molar-refractivity contribution in [3.8, 4) is 0 Å². The largest absolute Gasteiger partial charge is 0.480 e. The third-order valence-electron chi connectivity index (χ3n) is 4.70. The van der Waals surface area contributed by atoms with Crippen LogP contribution < -0.4 is 11.1 Å². The number of piperidine rings is 1. The lowest BCUT2D eigenvalue weighted by atomic mass is 9.84. The second-order valence-corrected chi connectivity index (χ2v) is 6.40. The van der Waals surface area contributed by atoms with Crippen LogP contribution in [0, 0.1) is 5.92 Å². The first-order valence-corrected chi connectivity index (χ1v) is 8.06. The van der Waals surface area contributed by atoms with Gasteiger partial charge in [-0.3, -0.25) is 9.69 Å². The van der Waals surface area contributed by atoms with Crippen LogP contribution in [-0.2, 0) is 9.59 Å². The van der Waals surface area contributed by atoms with E-state index in [4.69, 9.17) is 5.73 Å². The average Bonchev–Trinajstić information content (AvgIpc) is 2.48. The summed E-state index contributed by atoms with van der Waals surface area (Å²) in [6, 6.07) is -0.497. The number of nitrogens with zero attached hydrogens (tertiary/aromatic N) is 1. The van der Waals surface area contributed by atoms with Crippen LogP contribution >= 0.6 is 0 Å². The maximum atomic E-state index is 12.1. The third kappa shape index (κ3) is 4.97. The number of carboxylic acids is 1. The number of likely N-dealkylation sites (tertiary alicyclic amines) is 1. The number of carbonyl (C=O) groups excluding carboxylic acids is 1. The molecule has 0 spiro atoms. The molecule has 0 bridgehead atoms. The number of hydrogen-bond acceptors (Lipinski definition) is 4. The normalized spacial score (nSPS) is 23.7. The van der Waals surface area contributed by atoms with Crippen LogP contribution in [0.2, 0.25) is 0 Å². The van der Waals surface area contributed by atoms with Crippen LogP contribution in [0.3, 0.4) is 0 Å². The highest BCUT2D eigenvalue weighted by Crippen LogP contribution is 2.26. The van der Waals surface area contributed by atoms with Gasteiger partial charge in [-0.15, -0.1) is 0 Å². The van der Waals surface area contributed by atoms with Gasteiger partial charge in [0, 0.05) is 19.1 Å². The van der Waals surface area contributed by atoms with Gasteiger partial charge in [0.2, 0.25) is 5.91 Å². The Bertz CT molecular complexity index is 361. The molecule has 1 unspecified atom stereocenters. The molecule has 1 saturated heterocycles. The van der Waals surface area contributed by atoms with E-state index in [0.717, 1.165) is 51.6 Å². The topological polar surface area (TPSA) is 95.7 Å². The minimum Gasteiger partial charge on any atom is -0.480 e. The number of nitrogens with two attached hydrogens (primary N) is 1. The van der Waals surface area contributed by atoms with Crippen molar-refractivity contribution in [3.05, 3.63) is 0 Å². The predicted molar refractivity (Wildman–Crippen MR) is 79.8 cm³/mol. The van der Waals surface area contributed by atoms with Crippen LogP contribution in [-0.4, -0.2) is 53.6 Å². The van der Waals surface area contributed by atoms with Crippen molar-refractivity contribution in [2.75, 3.05) is 19.6 Å². The van der Waals surface area contributed by atoms with Gasteiger partial charge in [0.1, 0.15) is 6.04 Å². The van der Waals surface area contributed by atoms with E-state index in [1.165, 1.54) is 6.42 Å². The lowest BCUT2D eigenvalue weighted by Gasteiger charge is -2.31. The molecule has 2 fully saturated rings. The maximum absolute atomic E-state index is 12.1. The van der Waals surface area contributed by atoms with Gasteiger partial charge in [-0.05, 0) is 31.6 Å². The van der Waals surface area contributed by atoms with Gasteiger partial charge in [-0.2, -0.15) is 0 Å². The molecule has 2 aliphatic rings. The van der Waals surface area contributed by atoms with Crippen LogP contribution in [0.15, 0.2) is 0 Å². The summed E-state index contributed by atoms with van der Waals surface area (Å²) in [5.74, 6) is -1.01. The predicted octanol–water partition coefficient (Wildman–Crippen LogP) is 0.559. The number of rotatable bonds is 5. The zero-order valence-electron chi connectivity index (χ0n) is 12.6. The molecule has 0 aromatic heterocycles. The fourth-order valence-electron chi connectivity index (χ4n) is 3.38. The summed E-state index contributed by atoms with van der Waals surface area (Å²) in [4.78, 5) is 25.6. The molecule has 6 nitrogen and oxygen atoms in total. The van der Waals surface area contributed by atoms with Crippen LogP contribution in [0.25, 0.3) is 0 Å². The van der Waals surface area contributed by atoms with Gasteiger partial charge in [-0.25, -0.2) is 4.79 Å². The Labute approximate surface area is 126 Å². The van der Waals surface area contributed by atoms with Crippen LogP contribution in [0.1, 0.15) is 44.9 Å². The number of carboxylic acid groups (broad SMARTS) is 1. The molecular weight excluding hydrogens is 270 g/mol. The summed E-state index contributed by atoms with van der Waals surface area (Å²) in [6.45, 7) is 1.91. The maximum Gasteiger partial charge on any atom is 0.326 e. The first-order chi connectivity index (χ1) is 10.1. The molecule has 1 atom stereocenters. The molecule has 1 saturated carbocycles. The minimum atomic E-state index is -0.907. The van der Waals surface area contributed by atoms with Crippen molar-refractivity contribution in [1.29, 1.82) is 0 Å². The molecular formula is C15H27N3O3. The summed E-state index contributed by atoms with van der Waals surface area (Å²) in [5.41, 5.74) is 5.84. The van der Waals surface area contributed by atoms with Crippen molar-refractivity contribution in [1.82, 2.24) is 10.2 Å². The summed E-state index contributed by atoms with van der Waals surface area (Å²) in [7, 11) is 0. The zero-order chi connectivity index (χ0) is 15.2. The number of aliphatic carboxylic acids is 1. The van der Waals surface area contributed by atoms with E-state index in [9.17, 15) is 14.7 Å². The van der Waals surface area contributed by atoms with Crippen molar-refractivity contribution >= 4 is 11.9 Å². The highest BCUT2D eigenvalue weighted by Gasteiger charge is 2.31. The summed E-state index contributed by atoms with van der Waals surface area (Å²) < 4.78 is 0. The van der Waals surface area contributed by atoms with Gasteiger partial charge in [-0.1, -0.05) is 19.3 Å². The lowest BCUT2D eigenvalue weighted by molar-refractivity contribution is -0.144. The van der Waals surface area contributed by atoms with E-state index in [1.807, 2.05) is 0 Å². The molecule has 2 rings (SSSR count). The van der Waals surface area contributed by atoms with Crippen molar-refractivity contribution < 1.29 is 14.7 Å². The summed E-state index contributed by atoms with van der Waals surface area (Å²) in [6.07, 6.45) is 6.90. The number of hydrogen-bond donors (Lipinski definition) is 3. The molecule has 0 radical (unpaired) electrons. The van der Waals surface area contributed by atoms with E-state index in [1.54, 1.807) is 0 Å². The first-order valence-electron chi connectivity index (χ1n) is 8.06. The number of amides is 1. The van der Waals surface area contributed by atoms with E-state index < -0.39 is 12.0 Å². The quantitative estimate of drug-likeness (QED) is 0.689. The summed E-state index contributed by atoms with van der Waals surface area (Å²) >= 11 is 0. The molecule has 1 amide bonds. The van der Waals surface area contributed by atoms with Crippen LogP contribution in [0.4, 0.5) is 0 Å². The van der Waals surface area contributed by atoms with Crippen molar-refractivity contribution in [2.45, 2.75) is 57.0 Å². The molecule has 1 aliphatic carbocycles. The molecule has 1 aliphatic heterocycles. The van der Waals surface area contributed by atoms with Gasteiger partial charge in [0.25, 0.3) is 0 Å². The highest BCUT2D eigenvalue weighted by molar-refractivity contribution is 5.84. The highest BCUT2D eigenvalue weighted by atomic mass is 16.4. The molecule has 4 N–H and O–H groups in total. The van der Waals surface area contributed by atoms with Gasteiger partial charge >= 0.3 is 5.97 Å². The third-order valence-corrected chi connectivity index (χ3v) is 4.70. The molecule has 0 aromatic rings. The Balaban J connectivity index is 1.82. The van der Waals surface area contributed by atoms with Crippen LogP contribution in [0.5, 0.6) is 0 Å². The average molecular weight is 297 g/mol. The van der Waals surface area contributed by atoms with E-state index in [2.05, 4.69) is 10.2 Å². The fourth-order valence-corrected chi connectivity index (χ4v) is 3.38. The zero-order valence-corrected chi connectivity index (χ0v) is 12.6. The first kappa shape index (κ1) is 16.2. The molecule has 0 aromatic carbocycles. The van der Waals surface area contributed by atoms with E-state index >= 15 is 0 Å². The Kier molecular flexibility index (Phi) is 5.99. The smallest absolute Gasteiger partial charge is 0.326 e. The van der Waals surface area contributed by atoms with Crippen molar-refractivity contribution in [3.63, 3.8) is 0 Å². The Morgan fingerprint density at radius 3 is 2.33 bits per heavy atom. The monoisotopic (exact) mass is 297 g/mol. The molecule has 21 heavy (non-hydrogen) atoms. The van der Waals surface area contributed by atoms with Gasteiger partial charge in [0.15, 0.2) is 0 Å². The number of nitrogens with one attached hydrogen (secondary N) is 1. The molecule has 6 heteroatoms. The fraction of sp³-hybridized carbons (Fsp3) is 0.867. The second-order valence-electron chi connectivity index (χ2n) is 6.40. The SMILES string of the molecule is NC1CCN(CC(=O)NC(C(=O)O)C2CCCCC2)CC1. The Morgan fingerprint density at radius 1 is 1.14 bits per heavy atom. The molecule has 1 heterocycles. The molecule has 120 valence electrons. The van der Waals surface area contributed by atoms with E-state index in [-0.39, 0.29) is 24.4 Å². The van der Waals surface area contributed by atoms with Crippen molar-refractivity contribution in [2.24, 2.45) is 11.7 Å². The summed E-state index contributed by atoms with van der Waals surface area (Å²) in [5, 5.41) is 12.1. The Hall–Kier alpha value is -1.14. The van der Waals surface area contributed by atoms with Gasteiger partial charge in [0.05, 0.1) is 6.54 Å². The number of carbonyl (C=O) groups is 2. The second kappa shape index (κ2) is 7.75. The Morgan fingerprint density at radius 2 is 1.76 bits per heavy atom. The standard InChI is InChI=1S/C15H27N3O3/c16-12-6-8-18(9-7-12)10-13(19)17-14(15(20)21)11-4-2-1-3-5-11/h11-12,14H,1-10,16H2,(H,17,19)(H,20,21). The minimum absolute atomic E-state index is 0.0787.